The molecular weight excluding hydrogens is 486 g/mol. The summed E-state index contributed by atoms with van der Waals surface area (Å²) in [6.07, 6.45) is 14.7. The van der Waals surface area contributed by atoms with Gasteiger partial charge in [0.15, 0.2) is 0 Å². The molecule has 3 fully saturated rings. The molecule has 0 aromatic heterocycles. The molecule has 200 valence electrons. The van der Waals surface area contributed by atoms with E-state index in [1.807, 2.05) is 42.7 Å². The molecule has 1 aromatic carbocycles. The number of hydrogen-bond donors (Lipinski definition) is 2. The number of thioether (sulfide) groups is 1. The van der Waals surface area contributed by atoms with Gasteiger partial charge in [0, 0.05) is 23.2 Å². The number of ether oxygens (including phenoxy) is 1. The van der Waals surface area contributed by atoms with Gasteiger partial charge in [-0.1, -0.05) is 63.7 Å². The van der Waals surface area contributed by atoms with Crippen molar-refractivity contribution in [2.24, 2.45) is 11.8 Å². The Morgan fingerprint density at radius 1 is 1.14 bits per heavy atom. The fourth-order valence-corrected chi connectivity index (χ4v) is 7.13. The first-order chi connectivity index (χ1) is 18.0. The Kier molecular flexibility index (Phi) is 7.96. The zero-order chi connectivity index (χ0) is 26.0. The molecule has 0 unspecified atom stereocenters. The first-order valence-corrected chi connectivity index (χ1v) is 15.1. The summed E-state index contributed by atoms with van der Waals surface area (Å²) >= 11 is 1.61. The molecule has 0 radical (unpaired) electrons. The van der Waals surface area contributed by atoms with E-state index in [2.05, 4.69) is 17.6 Å². The third kappa shape index (κ3) is 4.94. The number of rotatable bonds is 10. The number of carbonyl (C=O) groups is 3. The van der Waals surface area contributed by atoms with Crippen molar-refractivity contribution in [2.75, 3.05) is 18.1 Å². The summed E-state index contributed by atoms with van der Waals surface area (Å²) in [5.41, 5.74) is -0.389. The van der Waals surface area contributed by atoms with Gasteiger partial charge in [0.2, 0.25) is 17.7 Å². The molecule has 3 aliphatic heterocycles. The second kappa shape index (κ2) is 11.2. The molecule has 2 bridgehead atoms. The van der Waals surface area contributed by atoms with Crippen LogP contribution in [0.2, 0.25) is 0 Å². The van der Waals surface area contributed by atoms with Crippen LogP contribution in [-0.2, 0) is 19.1 Å². The topological polar surface area (TPSA) is 87.7 Å². The van der Waals surface area contributed by atoms with E-state index in [1.165, 1.54) is 6.42 Å². The van der Waals surface area contributed by atoms with Crippen molar-refractivity contribution in [3.8, 4) is 0 Å². The van der Waals surface area contributed by atoms with E-state index < -0.39 is 29.6 Å². The number of carbonyl (C=O) groups excluding carboxylic acids is 3. The Hall–Kier alpha value is -2.32. The van der Waals surface area contributed by atoms with Gasteiger partial charge in [-0.25, -0.2) is 0 Å². The van der Waals surface area contributed by atoms with Gasteiger partial charge in [0.25, 0.3) is 0 Å². The predicted molar refractivity (Wildman–Crippen MR) is 145 cm³/mol. The van der Waals surface area contributed by atoms with Gasteiger partial charge in [-0.05, 0) is 43.7 Å². The summed E-state index contributed by atoms with van der Waals surface area (Å²) in [7, 11) is 0. The summed E-state index contributed by atoms with van der Waals surface area (Å²) in [6.45, 7) is 2.66. The lowest BCUT2D eigenvalue weighted by molar-refractivity contribution is -0.141. The standard InChI is InChI=1S/C29H39N3O4S/c1-3-4-5-9-17-32-25(27(34)30-19-11-7-6-8-12-19)29-16-15-22(36-29)23(24(29)28(32)35)26(33)31-20-13-10-14-21(18-20)37-2/h10,13-16,18-19,22-25H,3-9,11-12,17H2,1-2H3,(H,30,34)(H,31,33)/t22-,23+,24-,25+,29+/m1/s1. The Labute approximate surface area is 224 Å². The van der Waals surface area contributed by atoms with Gasteiger partial charge in [-0.15, -0.1) is 11.8 Å². The normalized spacial score (nSPS) is 30.5. The number of likely N-dealkylation sites (tertiary alicyclic amines) is 1. The number of anilines is 1. The maximum atomic E-state index is 14.0. The Morgan fingerprint density at radius 2 is 1.95 bits per heavy atom. The molecular formula is C29H39N3O4S. The van der Waals surface area contributed by atoms with Gasteiger partial charge < -0.3 is 20.3 Å². The molecule has 5 rings (SSSR count). The van der Waals surface area contributed by atoms with Crippen LogP contribution in [0, 0.1) is 11.8 Å². The Bertz CT molecular complexity index is 1060. The largest absolute Gasteiger partial charge is 0.359 e. The van der Waals surface area contributed by atoms with Crippen molar-refractivity contribution >= 4 is 35.2 Å². The third-order valence-electron chi connectivity index (χ3n) is 8.47. The summed E-state index contributed by atoms with van der Waals surface area (Å²) in [4.78, 5) is 44.1. The fourth-order valence-electron chi connectivity index (χ4n) is 6.67. The van der Waals surface area contributed by atoms with Crippen molar-refractivity contribution in [1.82, 2.24) is 10.2 Å². The van der Waals surface area contributed by atoms with Crippen LogP contribution in [0.15, 0.2) is 41.3 Å². The van der Waals surface area contributed by atoms with E-state index in [1.54, 1.807) is 16.7 Å². The van der Waals surface area contributed by atoms with Crippen LogP contribution in [0.4, 0.5) is 5.69 Å². The first-order valence-electron chi connectivity index (χ1n) is 13.9. The third-order valence-corrected chi connectivity index (χ3v) is 9.19. The van der Waals surface area contributed by atoms with Gasteiger partial charge in [-0.3, -0.25) is 14.4 Å². The van der Waals surface area contributed by atoms with E-state index in [0.29, 0.717) is 12.2 Å². The first kappa shape index (κ1) is 26.3. The molecule has 2 saturated heterocycles. The number of nitrogens with one attached hydrogen (secondary N) is 2. The fraction of sp³-hybridized carbons (Fsp3) is 0.621. The van der Waals surface area contributed by atoms with Crippen LogP contribution >= 0.6 is 11.8 Å². The zero-order valence-electron chi connectivity index (χ0n) is 21.9. The molecule has 4 aliphatic rings. The van der Waals surface area contributed by atoms with Crippen LogP contribution in [-0.4, -0.2) is 59.2 Å². The van der Waals surface area contributed by atoms with E-state index in [-0.39, 0.29) is 23.8 Å². The molecule has 7 nitrogen and oxygen atoms in total. The maximum Gasteiger partial charge on any atom is 0.246 e. The van der Waals surface area contributed by atoms with Gasteiger partial charge >= 0.3 is 0 Å². The molecule has 2 N–H and O–H groups in total. The van der Waals surface area contributed by atoms with Gasteiger partial charge in [0.05, 0.1) is 17.9 Å². The molecule has 37 heavy (non-hydrogen) atoms. The lowest BCUT2D eigenvalue weighted by atomic mass is 9.74. The second-order valence-electron chi connectivity index (χ2n) is 10.9. The van der Waals surface area contributed by atoms with Crippen molar-refractivity contribution in [3.05, 3.63) is 36.4 Å². The molecule has 5 atom stereocenters. The van der Waals surface area contributed by atoms with Crippen molar-refractivity contribution in [2.45, 2.75) is 93.4 Å². The van der Waals surface area contributed by atoms with Crippen molar-refractivity contribution in [3.63, 3.8) is 0 Å². The highest BCUT2D eigenvalue weighted by atomic mass is 32.2. The average Bonchev–Trinajstić information content (AvgIpc) is 3.54. The summed E-state index contributed by atoms with van der Waals surface area (Å²) in [5.74, 6) is -1.87. The van der Waals surface area contributed by atoms with Crippen LogP contribution in [0.3, 0.4) is 0 Å². The number of hydrogen-bond acceptors (Lipinski definition) is 5. The quantitative estimate of drug-likeness (QED) is 0.266. The maximum absolute atomic E-state index is 14.0. The monoisotopic (exact) mass is 525 g/mol. The van der Waals surface area contributed by atoms with Gasteiger partial charge in [0.1, 0.15) is 11.6 Å². The minimum atomic E-state index is -1.09. The van der Waals surface area contributed by atoms with E-state index >= 15 is 0 Å². The second-order valence-corrected chi connectivity index (χ2v) is 11.7. The predicted octanol–water partition coefficient (Wildman–Crippen LogP) is 4.53. The average molecular weight is 526 g/mol. The Balaban J connectivity index is 1.40. The van der Waals surface area contributed by atoms with E-state index in [4.69, 9.17) is 4.74 Å². The van der Waals surface area contributed by atoms with Crippen LogP contribution in [0.25, 0.3) is 0 Å². The number of benzene rings is 1. The number of unbranched alkanes of at least 4 members (excludes halogenated alkanes) is 3. The van der Waals surface area contributed by atoms with Crippen LogP contribution in [0.1, 0.15) is 64.7 Å². The smallest absolute Gasteiger partial charge is 0.246 e. The summed E-state index contributed by atoms with van der Waals surface area (Å²) < 4.78 is 6.45. The number of nitrogens with zero attached hydrogens (tertiary/aromatic N) is 1. The van der Waals surface area contributed by atoms with Gasteiger partial charge in [-0.2, -0.15) is 0 Å². The minimum Gasteiger partial charge on any atom is -0.359 e. The van der Waals surface area contributed by atoms with E-state index in [9.17, 15) is 14.4 Å². The molecule has 1 saturated carbocycles. The lowest BCUT2D eigenvalue weighted by Gasteiger charge is -2.34. The van der Waals surface area contributed by atoms with Crippen molar-refractivity contribution < 1.29 is 19.1 Å². The number of fused-ring (bicyclic) bond motifs is 1. The van der Waals surface area contributed by atoms with E-state index in [0.717, 1.165) is 56.3 Å². The molecule has 1 aromatic rings. The molecule has 8 heteroatoms. The zero-order valence-corrected chi connectivity index (χ0v) is 22.7. The highest BCUT2D eigenvalue weighted by Crippen LogP contribution is 2.55. The van der Waals surface area contributed by atoms with Crippen LogP contribution < -0.4 is 10.6 Å². The number of amides is 3. The van der Waals surface area contributed by atoms with Crippen molar-refractivity contribution in [1.29, 1.82) is 0 Å². The SMILES string of the molecule is CCCCCCN1C(=O)[C@H]2[C@@H](C(=O)Nc3cccc(SC)c3)[C@H]3C=C[C@@]2(O3)[C@@H]1C(=O)NC1CCCCC1. The highest BCUT2D eigenvalue weighted by molar-refractivity contribution is 7.98. The molecule has 1 spiro atoms. The molecule has 3 amide bonds. The van der Waals surface area contributed by atoms with Crippen LogP contribution in [0.5, 0.6) is 0 Å². The minimum absolute atomic E-state index is 0.134. The molecule has 1 aliphatic carbocycles. The lowest BCUT2D eigenvalue weighted by Crippen LogP contribution is -2.56. The summed E-state index contributed by atoms with van der Waals surface area (Å²) in [6, 6.07) is 7.08. The molecule has 3 heterocycles. The Morgan fingerprint density at radius 3 is 2.70 bits per heavy atom. The summed E-state index contributed by atoms with van der Waals surface area (Å²) in [5, 5.41) is 6.27. The highest BCUT2D eigenvalue weighted by Gasteiger charge is 2.72.